The maximum absolute atomic E-state index is 13.0. The number of anilines is 2. The first-order valence-electron chi connectivity index (χ1n) is 11.6. The average Bonchev–Trinajstić information content (AvgIpc) is 2.80. The molecule has 0 saturated carbocycles. The summed E-state index contributed by atoms with van der Waals surface area (Å²) in [5.41, 5.74) is 2.59. The largest absolute Gasteiger partial charge is 0.416 e. The molecule has 186 valence electrons. The first-order chi connectivity index (χ1) is 16.1. The van der Waals surface area contributed by atoms with E-state index in [1.54, 1.807) is 4.31 Å². The molecule has 0 aromatic heterocycles. The van der Waals surface area contributed by atoms with E-state index in [-0.39, 0.29) is 5.75 Å². The maximum Gasteiger partial charge on any atom is 0.416 e. The van der Waals surface area contributed by atoms with Crippen LogP contribution in [0.15, 0.2) is 42.5 Å². The first kappa shape index (κ1) is 25.0. The van der Waals surface area contributed by atoms with Gasteiger partial charge in [-0.1, -0.05) is 12.1 Å². The zero-order chi connectivity index (χ0) is 24.3. The minimum Gasteiger partial charge on any atom is -0.355 e. The Balaban J connectivity index is 1.36. The van der Waals surface area contributed by atoms with Crippen molar-refractivity contribution in [2.45, 2.75) is 25.6 Å². The number of nitrogens with one attached hydrogen (secondary N) is 1. The van der Waals surface area contributed by atoms with Crippen LogP contribution in [0.2, 0.25) is 0 Å². The lowest BCUT2D eigenvalue weighted by molar-refractivity contribution is -0.137. The molecule has 10 heteroatoms. The molecule has 0 radical (unpaired) electrons. The summed E-state index contributed by atoms with van der Waals surface area (Å²) < 4.78 is 65.9. The molecule has 2 aliphatic heterocycles. The topological polar surface area (TPSA) is 55.9 Å². The van der Waals surface area contributed by atoms with Crippen LogP contribution in [0.3, 0.4) is 0 Å². The van der Waals surface area contributed by atoms with Gasteiger partial charge in [-0.2, -0.15) is 17.5 Å². The summed E-state index contributed by atoms with van der Waals surface area (Å²) >= 11 is 0. The predicted octanol–water partition coefficient (Wildman–Crippen LogP) is 3.77. The summed E-state index contributed by atoms with van der Waals surface area (Å²) in [6.07, 6.45) is -3.20. The number of fused-ring (bicyclic) bond motifs is 1. The lowest BCUT2D eigenvalue weighted by Gasteiger charge is -2.33. The minimum absolute atomic E-state index is 0.137. The van der Waals surface area contributed by atoms with Gasteiger partial charge in [0.25, 0.3) is 0 Å². The zero-order valence-electron chi connectivity index (χ0n) is 19.3. The normalized spacial score (nSPS) is 18.6. The third-order valence-corrected chi connectivity index (χ3v) is 8.49. The average molecular weight is 497 g/mol. The lowest BCUT2D eigenvalue weighted by atomic mass is 9.99. The number of rotatable bonds is 7. The minimum atomic E-state index is -4.37. The van der Waals surface area contributed by atoms with E-state index >= 15 is 0 Å². The van der Waals surface area contributed by atoms with Gasteiger partial charge in [-0.3, -0.25) is 0 Å². The standard InChI is InChI=1S/C24H31F3N4O2S/c1-29-13-15-30(16-14-29)11-3-17-34(32,33)31-12-10-22-19(18-31)4-2-5-23(22)28-21-8-6-20(7-9-21)24(25,26)27/h2,4-9,28H,3,10-18H2,1H3. The number of alkyl halides is 3. The Kier molecular flexibility index (Phi) is 7.51. The highest BCUT2D eigenvalue weighted by molar-refractivity contribution is 7.89. The van der Waals surface area contributed by atoms with E-state index in [9.17, 15) is 21.6 Å². The lowest BCUT2D eigenvalue weighted by Crippen LogP contribution is -2.45. The number of hydrogen-bond donors (Lipinski definition) is 1. The van der Waals surface area contributed by atoms with Crippen LogP contribution in [0.25, 0.3) is 0 Å². The SMILES string of the molecule is CN1CCN(CCCS(=O)(=O)N2CCc3c(cccc3Nc3ccc(C(F)(F)F)cc3)C2)CC1. The second-order valence-corrected chi connectivity index (χ2v) is 11.1. The number of halogens is 3. The number of hydrogen-bond acceptors (Lipinski definition) is 5. The van der Waals surface area contributed by atoms with Gasteiger partial charge in [0.15, 0.2) is 0 Å². The Morgan fingerprint density at radius 1 is 0.971 bits per heavy atom. The van der Waals surface area contributed by atoms with E-state index in [2.05, 4.69) is 22.2 Å². The van der Waals surface area contributed by atoms with E-state index < -0.39 is 21.8 Å². The molecule has 0 amide bonds. The molecule has 2 heterocycles. The molecule has 0 atom stereocenters. The van der Waals surface area contributed by atoms with Crippen molar-refractivity contribution in [2.24, 2.45) is 0 Å². The third kappa shape index (κ3) is 6.10. The number of sulfonamides is 1. The van der Waals surface area contributed by atoms with Gasteiger partial charge in [0.2, 0.25) is 10.0 Å². The highest BCUT2D eigenvalue weighted by atomic mass is 32.2. The molecule has 0 spiro atoms. The Morgan fingerprint density at radius 3 is 2.35 bits per heavy atom. The number of benzene rings is 2. The molecule has 2 aromatic carbocycles. The summed E-state index contributed by atoms with van der Waals surface area (Å²) in [5.74, 6) is 0.137. The molecule has 0 aliphatic carbocycles. The summed E-state index contributed by atoms with van der Waals surface area (Å²) in [6.45, 7) is 5.48. The second-order valence-electron chi connectivity index (χ2n) is 9.04. The van der Waals surface area contributed by atoms with E-state index in [1.807, 2.05) is 18.2 Å². The monoisotopic (exact) mass is 496 g/mol. The van der Waals surface area contributed by atoms with Gasteiger partial charge in [0.1, 0.15) is 0 Å². The van der Waals surface area contributed by atoms with E-state index in [1.165, 1.54) is 12.1 Å². The van der Waals surface area contributed by atoms with Crippen molar-refractivity contribution in [3.8, 4) is 0 Å². The van der Waals surface area contributed by atoms with Crippen molar-refractivity contribution >= 4 is 21.4 Å². The van der Waals surface area contributed by atoms with Crippen LogP contribution in [0.5, 0.6) is 0 Å². The molecular formula is C24H31F3N4O2S. The van der Waals surface area contributed by atoms with Gasteiger partial charge >= 0.3 is 6.18 Å². The van der Waals surface area contributed by atoms with Gasteiger partial charge in [-0.05, 0) is 67.9 Å². The molecular weight excluding hydrogens is 465 g/mol. The van der Waals surface area contributed by atoms with Crippen molar-refractivity contribution in [2.75, 3.05) is 57.4 Å². The Labute approximate surface area is 199 Å². The summed E-state index contributed by atoms with van der Waals surface area (Å²) in [7, 11) is -1.26. The zero-order valence-corrected chi connectivity index (χ0v) is 20.1. The maximum atomic E-state index is 13.0. The van der Waals surface area contributed by atoms with Crippen molar-refractivity contribution in [1.29, 1.82) is 0 Å². The van der Waals surface area contributed by atoms with E-state index in [0.717, 1.165) is 61.7 Å². The van der Waals surface area contributed by atoms with Crippen molar-refractivity contribution in [3.05, 3.63) is 59.2 Å². The first-order valence-corrected chi connectivity index (χ1v) is 13.2. The molecule has 4 rings (SSSR count). The Hall–Kier alpha value is -2.14. The van der Waals surface area contributed by atoms with Crippen LogP contribution in [-0.4, -0.2) is 74.6 Å². The van der Waals surface area contributed by atoms with Gasteiger partial charge in [-0.25, -0.2) is 8.42 Å². The van der Waals surface area contributed by atoms with Crippen LogP contribution in [0, 0.1) is 0 Å². The van der Waals surface area contributed by atoms with Gasteiger partial charge in [0.05, 0.1) is 11.3 Å². The molecule has 0 bridgehead atoms. The van der Waals surface area contributed by atoms with Crippen LogP contribution in [0.4, 0.5) is 24.5 Å². The highest BCUT2D eigenvalue weighted by Crippen LogP contribution is 2.32. The van der Waals surface area contributed by atoms with Crippen LogP contribution >= 0.6 is 0 Å². The number of piperazine rings is 1. The van der Waals surface area contributed by atoms with Gasteiger partial charge in [-0.15, -0.1) is 0 Å². The third-order valence-electron chi connectivity index (χ3n) is 6.59. The fraction of sp³-hybridized carbons (Fsp3) is 0.500. The fourth-order valence-electron chi connectivity index (χ4n) is 4.51. The molecule has 2 aromatic rings. The van der Waals surface area contributed by atoms with Crippen LogP contribution in [0.1, 0.15) is 23.1 Å². The molecule has 34 heavy (non-hydrogen) atoms. The summed E-state index contributed by atoms with van der Waals surface area (Å²) in [5, 5.41) is 3.19. The van der Waals surface area contributed by atoms with Crippen LogP contribution < -0.4 is 5.32 Å². The van der Waals surface area contributed by atoms with E-state index in [4.69, 9.17) is 0 Å². The van der Waals surface area contributed by atoms with Gasteiger partial charge < -0.3 is 15.1 Å². The summed E-state index contributed by atoms with van der Waals surface area (Å²) in [6, 6.07) is 10.5. The molecule has 0 unspecified atom stereocenters. The predicted molar refractivity (Wildman–Crippen MR) is 128 cm³/mol. The van der Waals surface area contributed by atoms with Crippen molar-refractivity contribution < 1.29 is 21.6 Å². The van der Waals surface area contributed by atoms with E-state index in [0.29, 0.717) is 31.6 Å². The molecule has 2 aliphatic rings. The molecule has 1 saturated heterocycles. The second kappa shape index (κ2) is 10.2. The fourth-order valence-corrected chi connectivity index (χ4v) is 5.96. The quantitative estimate of drug-likeness (QED) is 0.633. The Morgan fingerprint density at radius 2 is 1.68 bits per heavy atom. The summed E-state index contributed by atoms with van der Waals surface area (Å²) in [4.78, 5) is 4.60. The molecule has 6 nitrogen and oxygen atoms in total. The smallest absolute Gasteiger partial charge is 0.355 e. The van der Waals surface area contributed by atoms with Crippen molar-refractivity contribution in [1.82, 2.24) is 14.1 Å². The van der Waals surface area contributed by atoms with Crippen molar-refractivity contribution in [3.63, 3.8) is 0 Å². The molecule has 1 fully saturated rings. The highest BCUT2D eigenvalue weighted by Gasteiger charge is 2.30. The van der Waals surface area contributed by atoms with Gasteiger partial charge in [0, 0.05) is 50.6 Å². The van der Waals surface area contributed by atoms with Crippen LogP contribution in [-0.2, 0) is 29.2 Å². The number of nitrogens with zero attached hydrogens (tertiary/aromatic N) is 3. The number of likely N-dealkylation sites (N-methyl/N-ethyl adjacent to an activating group) is 1. The Bertz CT molecular complexity index is 1080. The molecule has 1 N–H and O–H groups in total.